The van der Waals surface area contributed by atoms with Crippen LogP contribution in [0.1, 0.15) is 23.6 Å². The lowest BCUT2D eigenvalue weighted by Crippen LogP contribution is -2.18. The molecular weight excluding hydrogens is 334 g/mol. The van der Waals surface area contributed by atoms with Crippen LogP contribution < -0.4 is 0 Å². The molecule has 0 unspecified atom stereocenters. The lowest BCUT2D eigenvalue weighted by atomic mass is 10.0. The average molecular weight is 341 g/mol. The maximum atomic E-state index is 12.6. The summed E-state index contributed by atoms with van der Waals surface area (Å²) in [5.74, 6) is 0. The molecule has 114 valence electrons. The molecule has 0 aliphatic rings. The molecule has 0 fully saturated rings. The van der Waals surface area contributed by atoms with E-state index < -0.39 is 43.0 Å². The van der Waals surface area contributed by atoms with Gasteiger partial charge in [-0.15, -0.1) is 0 Å². The Kier molecular flexibility index (Phi) is 4.36. The zero-order valence-electron chi connectivity index (χ0n) is 9.73. The van der Waals surface area contributed by atoms with Crippen molar-refractivity contribution < 1.29 is 34.8 Å². The van der Waals surface area contributed by atoms with Gasteiger partial charge in [-0.25, -0.2) is 8.42 Å². The number of alkyl halides is 6. The minimum absolute atomic E-state index is 0.0794. The molecular formula is C10H7ClF6O2S. The van der Waals surface area contributed by atoms with E-state index in [1.807, 2.05) is 0 Å². The third-order valence-corrected chi connectivity index (χ3v) is 3.86. The van der Waals surface area contributed by atoms with E-state index in [2.05, 4.69) is 0 Å². The minimum atomic E-state index is -5.35. The molecule has 1 rings (SSSR count). The second-order valence-corrected chi connectivity index (χ2v) is 6.33. The predicted molar refractivity (Wildman–Crippen MR) is 58.9 cm³/mol. The summed E-state index contributed by atoms with van der Waals surface area (Å²) in [5.41, 5.74) is -4.45. The minimum Gasteiger partial charge on any atom is -0.207 e. The van der Waals surface area contributed by atoms with Crippen molar-refractivity contribution in [3.05, 3.63) is 28.8 Å². The van der Waals surface area contributed by atoms with Crippen LogP contribution in [-0.2, 0) is 27.8 Å². The zero-order chi connectivity index (χ0) is 15.9. The molecule has 0 aromatic heterocycles. The second-order valence-electron chi connectivity index (χ2n) is 3.79. The molecule has 20 heavy (non-hydrogen) atoms. The lowest BCUT2D eigenvalue weighted by Gasteiger charge is -2.18. The number of hydrogen-bond acceptors (Lipinski definition) is 2. The van der Waals surface area contributed by atoms with Gasteiger partial charge in [-0.2, -0.15) is 26.3 Å². The number of halogens is 7. The summed E-state index contributed by atoms with van der Waals surface area (Å²) in [6, 6.07) is 0.0854. The SMILES string of the molecule is CCc1cc(C(F)(F)F)c(C(F)(F)F)cc1S(=O)(=O)Cl. The molecule has 0 N–H and O–H groups in total. The smallest absolute Gasteiger partial charge is 0.207 e. The van der Waals surface area contributed by atoms with Gasteiger partial charge < -0.3 is 0 Å². The first-order chi connectivity index (χ1) is 8.78. The Labute approximate surface area is 114 Å². The van der Waals surface area contributed by atoms with E-state index in [1.54, 1.807) is 0 Å². The van der Waals surface area contributed by atoms with Gasteiger partial charge in [0.25, 0.3) is 9.05 Å². The molecule has 1 aromatic carbocycles. The summed E-state index contributed by atoms with van der Waals surface area (Å²) < 4.78 is 98.2. The van der Waals surface area contributed by atoms with Gasteiger partial charge in [0.05, 0.1) is 16.0 Å². The summed E-state index contributed by atoms with van der Waals surface area (Å²) in [7, 11) is 0.369. The fraction of sp³-hybridized carbons (Fsp3) is 0.400. The van der Waals surface area contributed by atoms with Gasteiger partial charge in [0.2, 0.25) is 0 Å². The highest BCUT2D eigenvalue weighted by atomic mass is 35.7. The van der Waals surface area contributed by atoms with Crippen LogP contribution in [-0.4, -0.2) is 8.42 Å². The zero-order valence-corrected chi connectivity index (χ0v) is 11.3. The Morgan fingerprint density at radius 2 is 1.40 bits per heavy atom. The van der Waals surface area contributed by atoms with E-state index >= 15 is 0 Å². The van der Waals surface area contributed by atoms with Gasteiger partial charge >= 0.3 is 12.4 Å². The van der Waals surface area contributed by atoms with E-state index in [0.717, 1.165) is 0 Å². The Balaban J connectivity index is 3.81. The second kappa shape index (κ2) is 5.10. The van der Waals surface area contributed by atoms with Gasteiger partial charge in [-0.05, 0) is 24.1 Å². The first-order valence-electron chi connectivity index (χ1n) is 5.04. The van der Waals surface area contributed by atoms with E-state index in [0.29, 0.717) is 0 Å². The topological polar surface area (TPSA) is 34.1 Å². The van der Waals surface area contributed by atoms with Crippen molar-refractivity contribution in [1.29, 1.82) is 0 Å². The van der Waals surface area contributed by atoms with Crippen LogP contribution >= 0.6 is 10.7 Å². The lowest BCUT2D eigenvalue weighted by molar-refractivity contribution is -0.162. The Hall–Kier alpha value is -0.960. The largest absolute Gasteiger partial charge is 0.417 e. The number of hydrogen-bond donors (Lipinski definition) is 0. The quantitative estimate of drug-likeness (QED) is 0.597. The fourth-order valence-electron chi connectivity index (χ4n) is 1.60. The van der Waals surface area contributed by atoms with E-state index in [4.69, 9.17) is 10.7 Å². The maximum Gasteiger partial charge on any atom is 0.417 e. The Morgan fingerprint density at radius 3 is 1.70 bits per heavy atom. The molecule has 0 radical (unpaired) electrons. The van der Waals surface area contributed by atoms with Crippen LogP contribution in [0.2, 0.25) is 0 Å². The van der Waals surface area contributed by atoms with Crippen molar-refractivity contribution in [3.63, 3.8) is 0 Å². The molecule has 2 nitrogen and oxygen atoms in total. The maximum absolute atomic E-state index is 12.6. The third-order valence-electron chi connectivity index (χ3n) is 2.46. The third kappa shape index (κ3) is 3.57. The van der Waals surface area contributed by atoms with E-state index in [-0.39, 0.29) is 18.6 Å². The van der Waals surface area contributed by atoms with Gasteiger partial charge in [0.1, 0.15) is 0 Å². The number of benzene rings is 1. The van der Waals surface area contributed by atoms with Crippen molar-refractivity contribution >= 4 is 19.7 Å². The highest BCUT2D eigenvalue weighted by Crippen LogP contribution is 2.42. The molecule has 0 amide bonds. The summed E-state index contributed by atoms with van der Waals surface area (Å²) in [6.07, 6.45) is -10.8. The van der Waals surface area contributed by atoms with Crippen molar-refractivity contribution in [2.75, 3.05) is 0 Å². The first kappa shape index (κ1) is 17.1. The highest BCUT2D eigenvalue weighted by Gasteiger charge is 2.44. The molecule has 0 saturated heterocycles. The molecule has 0 aliphatic carbocycles. The number of aryl methyl sites for hydroxylation is 1. The normalized spacial score (nSPS) is 13.6. The van der Waals surface area contributed by atoms with Crippen LogP contribution in [0.3, 0.4) is 0 Å². The molecule has 1 aromatic rings. The van der Waals surface area contributed by atoms with Crippen LogP contribution in [0, 0.1) is 0 Å². The first-order valence-corrected chi connectivity index (χ1v) is 7.35. The van der Waals surface area contributed by atoms with Gasteiger partial charge in [0, 0.05) is 10.7 Å². The van der Waals surface area contributed by atoms with Gasteiger partial charge in [-0.1, -0.05) is 6.92 Å². The average Bonchev–Trinajstić information content (AvgIpc) is 2.23. The Bertz CT molecular complexity index is 618. The monoisotopic (exact) mass is 340 g/mol. The highest BCUT2D eigenvalue weighted by molar-refractivity contribution is 8.13. The molecule has 0 heterocycles. The summed E-state index contributed by atoms with van der Waals surface area (Å²) in [5, 5.41) is 0. The van der Waals surface area contributed by atoms with Crippen molar-refractivity contribution in [2.45, 2.75) is 30.6 Å². The summed E-state index contributed by atoms with van der Waals surface area (Å²) >= 11 is 0. The molecule has 0 bridgehead atoms. The van der Waals surface area contributed by atoms with Crippen LogP contribution in [0.25, 0.3) is 0 Å². The van der Waals surface area contributed by atoms with Crippen LogP contribution in [0.15, 0.2) is 17.0 Å². The van der Waals surface area contributed by atoms with Crippen molar-refractivity contribution in [3.8, 4) is 0 Å². The van der Waals surface area contributed by atoms with Gasteiger partial charge in [0.15, 0.2) is 0 Å². The predicted octanol–water partition coefficient (Wildman–Crippen LogP) is 4.21. The van der Waals surface area contributed by atoms with Crippen LogP contribution in [0.5, 0.6) is 0 Å². The van der Waals surface area contributed by atoms with E-state index in [1.165, 1.54) is 6.92 Å². The molecule has 0 spiro atoms. The van der Waals surface area contributed by atoms with Crippen molar-refractivity contribution in [2.24, 2.45) is 0 Å². The molecule has 0 saturated carbocycles. The van der Waals surface area contributed by atoms with E-state index in [9.17, 15) is 34.8 Å². The molecule has 10 heteroatoms. The summed E-state index contributed by atoms with van der Waals surface area (Å²) in [4.78, 5) is -0.970. The van der Waals surface area contributed by atoms with Gasteiger partial charge in [-0.3, -0.25) is 0 Å². The number of rotatable bonds is 2. The Morgan fingerprint density at radius 1 is 1.00 bits per heavy atom. The van der Waals surface area contributed by atoms with Crippen LogP contribution in [0.4, 0.5) is 26.3 Å². The molecule has 0 aliphatic heterocycles. The fourth-order valence-corrected chi connectivity index (χ4v) is 2.80. The molecule has 0 atom stereocenters. The van der Waals surface area contributed by atoms with Crippen molar-refractivity contribution in [1.82, 2.24) is 0 Å². The summed E-state index contributed by atoms with van der Waals surface area (Å²) in [6.45, 7) is 1.30. The standard InChI is InChI=1S/C10H7ClF6O2S/c1-2-5-3-6(9(12,13)14)7(10(15,16)17)4-8(5)20(11,18)19/h3-4H,2H2,1H3.